The normalized spacial score (nSPS) is 11.9. The second-order valence-corrected chi connectivity index (χ2v) is 10.4. The molecule has 0 aliphatic rings. The van der Waals surface area contributed by atoms with Crippen LogP contribution in [-0.2, 0) is 23.1 Å². The lowest BCUT2D eigenvalue weighted by atomic mass is 10.4. The summed E-state index contributed by atoms with van der Waals surface area (Å²) in [5.41, 5.74) is 0.871. The molecule has 0 aliphatic heterocycles. The average Bonchev–Trinajstić information content (AvgIpc) is 3.27. The Bertz CT molecular complexity index is 1060. The quantitative estimate of drug-likeness (QED) is 0.441. The summed E-state index contributed by atoms with van der Waals surface area (Å²) in [4.78, 5) is 4.30. The van der Waals surface area contributed by atoms with E-state index in [0.29, 0.717) is 16.8 Å². The van der Waals surface area contributed by atoms with Crippen molar-refractivity contribution in [3.05, 3.63) is 49.7 Å². The summed E-state index contributed by atoms with van der Waals surface area (Å²) in [6, 6.07) is 1.71. The molecule has 3 aromatic heterocycles. The van der Waals surface area contributed by atoms with Crippen molar-refractivity contribution in [2.24, 2.45) is 0 Å². The molecule has 8 nitrogen and oxygen atoms in total. The zero-order valence-corrected chi connectivity index (χ0v) is 19.9. The topological polar surface area (TPSA) is 102 Å². The number of hydrogen-bond acceptors (Lipinski definition) is 7. The third-order valence-corrected chi connectivity index (χ3v) is 7.55. The fraction of sp³-hybridized carbons (Fsp3) is 0.312. The van der Waals surface area contributed by atoms with E-state index < -0.39 is 10.0 Å². The van der Waals surface area contributed by atoms with Crippen LogP contribution in [0.5, 0.6) is 0 Å². The van der Waals surface area contributed by atoms with E-state index in [0.717, 1.165) is 10.0 Å². The molecule has 3 rings (SSSR count). The molecule has 150 valence electrons. The number of hydrogen-bond donors (Lipinski definition) is 2. The van der Waals surface area contributed by atoms with Gasteiger partial charge in [0.25, 0.3) is 0 Å². The molecule has 3 heterocycles. The molecule has 0 fully saturated rings. The molecule has 0 radical (unpaired) electrons. The molecule has 0 saturated carbocycles. The van der Waals surface area contributed by atoms with Crippen LogP contribution in [0.25, 0.3) is 0 Å². The Morgan fingerprint density at radius 2 is 2.04 bits per heavy atom. The van der Waals surface area contributed by atoms with Crippen molar-refractivity contribution in [1.29, 1.82) is 0 Å². The molecule has 0 spiro atoms. The Balaban J connectivity index is 1.81. The number of halogens is 2. The predicted molar refractivity (Wildman–Crippen MR) is 116 cm³/mol. The van der Waals surface area contributed by atoms with Gasteiger partial charge in [0.2, 0.25) is 10.0 Å². The summed E-state index contributed by atoms with van der Waals surface area (Å²) in [5, 5.41) is 14.9. The number of nitrogens with zero attached hydrogens (tertiary/aromatic N) is 4. The van der Waals surface area contributed by atoms with E-state index in [1.807, 2.05) is 29.2 Å². The molecule has 12 heteroatoms. The highest BCUT2D eigenvalue weighted by atomic mass is 79.9. The maximum absolute atomic E-state index is 12.9. The van der Waals surface area contributed by atoms with E-state index in [1.165, 1.54) is 17.4 Å². The number of sulfonamides is 1. The first-order valence-electron chi connectivity index (χ1n) is 8.26. The lowest BCUT2D eigenvalue weighted by molar-refractivity contribution is 0.571. The average molecular weight is 550 g/mol. The fourth-order valence-electron chi connectivity index (χ4n) is 2.43. The SMILES string of the molecule is CC(C)n1cnnc1CNc1ncc(Br)cc1S(=O)(=O)NCc1cscc1Br. The van der Waals surface area contributed by atoms with Crippen LogP contribution < -0.4 is 10.0 Å². The monoisotopic (exact) mass is 548 g/mol. The van der Waals surface area contributed by atoms with Gasteiger partial charge in [-0.25, -0.2) is 18.1 Å². The van der Waals surface area contributed by atoms with Crippen molar-refractivity contribution in [2.75, 3.05) is 5.32 Å². The first-order chi connectivity index (χ1) is 13.3. The molecule has 0 bridgehead atoms. The molecule has 0 saturated heterocycles. The van der Waals surface area contributed by atoms with E-state index in [9.17, 15) is 8.42 Å². The third kappa shape index (κ3) is 4.98. The van der Waals surface area contributed by atoms with Crippen molar-refractivity contribution < 1.29 is 8.42 Å². The molecule has 0 aliphatic carbocycles. The van der Waals surface area contributed by atoms with Crippen molar-refractivity contribution in [3.63, 3.8) is 0 Å². The summed E-state index contributed by atoms with van der Waals surface area (Å²) in [5.74, 6) is 0.941. The van der Waals surface area contributed by atoms with Gasteiger partial charge in [-0.1, -0.05) is 0 Å². The van der Waals surface area contributed by atoms with E-state index in [1.54, 1.807) is 12.5 Å². The highest BCUT2D eigenvalue weighted by Crippen LogP contribution is 2.25. The zero-order chi connectivity index (χ0) is 20.3. The molecule has 0 atom stereocenters. The van der Waals surface area contributed by atoms with Gasteiger partial charge in [0.15, 0.2) is 5.82 Å². The number of thiophene rings is 1. The van der Waals surface area contributed by atoms with Crippen LogP contribution >= 0.6 is 43.2 Å². The standard InChI is InChI=1S/C16H18Br2N6O2S2/c1-10(2)24-9-21-23-15(24)6-20-16-14(3-12(17)5-19-16)28(25,26)22-4-11-7-27-8-13(11)18/h3,5,7-10,22H,4,6H2,1-2H3,(H,19,20). The number of rotatable bonds is 8. The lowest BCUT2D eigenvalue weighted by Crippen LogP contribution is -2.25. The van der Waals surface area contributed by atoms with Crippen molar-refractivity contribution in [3.8, 4) is 0 Å². The second-order valence-electron chi connectivity index (χ2n) is 6.17. The summed E-state index contributed by atoms with van der Waals surface area (Å²) in [7, 11) is -3.79. The molecule has 2 N–H and O–H groups in total. The maximum atomic E-state index is 12.9. The van der Waals surface area contributed by atoms with Crippen LogP contribution in [0.3, 0.4) is 0 Å². The molecule has 0 aromatic carbocycles. The minimum Gasteiger partial charge on any atom is -0.362 e. The van der Waals surface area contributed by atoms with Gasteiger partial charge in [0, 0.05) is 33.1 Å². The van der Waals surface area contributed by atoms with E-state index in [4.69, 9.17) is 0 Å². The fourth-order valence-corrected chi connectivity index (χ4v) is 5.52. The van der Waals surface area contributed by atoms with Crippen molar-refractivity contribution in [1.82, 2.24) is 24.5 Å². The minimum atomic E-state index is -3.79. The van der Waals surface area contributed by atoms with Gasteiger partial charge in [-0.15, -0.1) is 10.2 Å². The van der Waals surface area contributed by atoms with Gasteiger partial charge in [0.1, 0.15) is 17.0 Å². The lowest BCUT2D eigenvalue weighted by Gasteiger charge is -2.14. The smallest absolute Gasteiger partial charge is 0.244 e. The minimum absolute atomic E-state index is 0.0591. The summed E-state index contributed by atoms with van der Waals surface area (Å²) in [6.45, 7) is 4.52. The van der Waals surface area contributed by atoms with Crippen LogP contribution in [0.15, 0.2) is 43.2 Å². The highest BCUT2D eigenvalue weighted by molar-refractivity contribution is 9.10. The Morgan fingerprint density at radius 3 is 2.71 bits per heavy atom. The Hall–Kier alpha value is -1.34. The molecular weight excluding hydrogens is 532 g/mol. The van der Waals surface area contributed by atoms with Crippen LogP contribution in [0.2, 0.25) is 0 Å². The van der Waals surface area contributed by atoms with Gasteiger partial charge in [0.05, 0.1) is 6.54 Å². The number of aromatic nitrogens is 4. The van der Waals surface area contributed by atoms with Gasteiger partial charge in [-0.05, 0) is 62.7 Å². The zero-order valence-electron chi connectivity index (χ0n) is 15.1. The van der Waals surface area contributed by atoms with E-state index in [-0.39, 0.29) is 23.3 Å². The summed E-state index contributed by atoms with van der Waals surface area (Å²) >= 11 is 8.21. The number of pyridine rings is 1. The second kappa shape index (κ2) is 8.99. The summed E-state index contributed by atoms with van der Waals surface area (Å²) < 4.78 is 31.8. The molecule has 28 heavy (non-hydrogen) atoms. The van der Waals surface area contributed by atoms with Gasteiger partial charge in [-0.3, -0.25) is 0 Å². The van der Waals surface area contributed by atoms with Crippen molar-refractivity contribution in [2.45, 2.75) is 37.9 Å². The van der Waals surface area contributed by atoms with E-state index >= 15 is 0 Å². The maximum Gasteiger partial charge on any atom is 0.244 e. The van der Waals surface area contributed by atoms with Crippen LogP contribution in [-0.4, -0.2) is 28.2 Å². The molecule has 0 unspecified atom stereocenters. The van der Waals surface area contributed by atoms with Crippen LogP contribution in [0.4, 0.5) is 5.82 Å². The Kier molecular flexibility index (Phi) is 6.86. The van der Waals surface area contributed by atoms with Crippen LogP contribution in [0.1, 0.15) is 31.3 Å². The highest BCUT2D eigenvalue weighted by Gasteiger charge is 2.21. The summed E-state index contributed by atoms with van der Waals surface area (Å²) in [6.07, 6.45) is 3.19. The van der Waals surface area contributed by atoms with Gasteiger partial charge in [-0.2, -0.15) is 11.3 Å². The first-order valence-corrected chi connectivity index (χ1v) is 12.3. The third-order valence-electron chi connectivity index (χ3n) is 3.87. The Morgan fingerprint density at radius 1 is 1.25 bits per heavy atom. The predicted octanol–water partition coefficient (Wildman–Crippen LogP) is 3.93. The van der Waals surface area contributed by atoms with Crippen molar-refractivity contribution >= 4 is 59.0 Å². The first kappa shape index (κ1) is 21.4. The van der Waals surface area contributed by atoms with Gasteiger partial charge < -0.3 is 9.88 Å². The molecule has 3 aromatic rings. The number of nitrogens with one attached hydrogen (secondary N) is 2. The molecule has 0 amide bonds. The molecular formula is C16H18Br2N6O2S2. The number of anilines is 1. The van der Waals surface area contributed by atoms with Gasteiger partial charge >= 0.3 is 0 Å². The van der Waals surface area contributed by atoms with E-state index in [2.05, 4.69) is 57.1 Å². The largest absolute Gasteiger partial charge is 0.362 e. The van der Waals surface area contributed by atoms with Crippen LogP contribution in [0, 0.1) is 0 Å². The Labute approximate surface area is 184 Å².